The number of aromatic nitrogens is 2. The maximum absolute atomic E-state index is 12.0. The molecule has 2 aromatic rings. The van der Waals surface area contributed by atoms with E-state index in [4.69, 9.17) is 4.74 Å². The van der Waals surface area contributed by atoms with Gasteiger partial charge in [0.25, 0.3) is 5.91 Å². The van der Waals surface area contributed by atoms with Crippen LogP contribution in [0.2, 0.25) is 0 Å². The van der Waals surface area contributed by atoms with E-state index < -0.39 is 0 Å². The zero-order valence-corrected chi connectivity index (χ0v) is 9.77. The monoisotopic (exact) mass is 243 g/mol. The Labute approximate surface area is 104 Å². The summed E-state index contributed by atoms with van der Waals surface area (Å²) >= 11 is 0. The third-order valence-corrected chi connectivity index (χ3v) is 2.95. The maximum atomic E-state index is 12.0. The van der Waals surface area contributed by atoms with Crippen molar-refractivity contribution in [1.82, 2.24) is 15.3 Å². The largest absolute Gasteiger partial charge is 0.493 e. The number of H-pyrrole nitrogens is 1. The Balaban J connectivity index is 1.69. The van der Waals surface area contributed by atoms with E-state index in [0.717, 1.165) is 23.4 Å². The Morgan fingerprint density at radius 1 is 1.50 bits per heavy atom. The molecule has 0 aliphatic carbocycles. The van der Waals surface area contributed by atoms with E-state index in [1.165, 1.54) is 0 Å². The number of nitrogens with one attached hydrogen (secondary N) is 2. The topological polar surface area (TPSA) is 67.0 Å². The predicted octanol–water partition coefficient (Wildman–Crippen LogP) is 1.27. The molecule has 3 rings (SSSR count). The van der Waals surface area contributed by atoms with E-state index >= 15 is 0 Å². The van der Waals surface area contributed by atoms with Crippen molar-refractivity contribution in [3.8, 4) is 5.75 Å². The van der Waals surface area contributed by atoms with Crippen LogP contribution in [0.25, 0.3) is 0 Å². The number of carbonyl (C=O) groups is 1. The molecule has 1 aromatic heterocycles. The Kier molecular flexibility index (Phi) is 2.72. The van der Waals surface area contributed by atoms with Crippen molar-refractivity contribution >= 4 is 5.91 Å². The van der Waals surface area contributed by atoms with Gasteiger partial charge in [-0.05, 0) is 23.8 Å². The number of imidazole rings is 1. The van der Waals surface area contributed by atoms with E-state index in [1.807, 2.05) is 12.1 Å². The summed E-state index contributed by atoms with van der Waals surface area (Å²) in [6.45, 7) is 1.15. The Hall–Kier alpha value is -2.30. The summed E-state index contributed by atoms with van der Waals surface area (Å²) in [4.78, 5) is 18.8. The lowest BCUT2D eigenvalue weighted by atomic mass is 10.1. The maximum Gasteiger partial charge on any atom is 0.251 e. The molecule has 0 spiro atoms. The molecular formula is C13H13N3O2. The van der Waals surface area contributed by atoms with Crippen LogP contribution in [0.4, 0.5) is 0 Å². The molecule has 18 heavy (non-hydrogen) atoms. The van der Waals surface area contributed by atoms with Crippen LogP contribution in [0.3, 0.4) is 0 Å². The molecule has 5 nitrogen and oxygen atoms in total. The van der Waals surface area contributed by atoms with Gasteiger partial charge in [-0.25, -0.2) is 4.98 Å². The van der Waals surface area contributed by atoms with Gasteiger partial charge < -0.3 is 15.0 Å². The minimum Gasteiger partial charge on any atom is -0.493 e. The SMILES string of the molecule is O=C(NCc1cnc[nH]1)c1ccc2c(c1)CCO2. The fourth-order valence-corrected chi connectivity index (χ4v) is 1.99. The summed E-state index contributed by atoms with van der Waals surface area (Å²) in [7, 11) is 0. The second-order valence-electron chi connectivity index (χ2n) is 4.18. The molecule has 1 aliphatic rings. The minimum absolute atomic E-state index is 0.0840. The van der Waals surface area contributed by atoms with Crippen molar-refractivity contribution in [3.63, 3.8) is 0 Å². The van der Waals surface area contributed by atoms with Crippen LogP contribution in [0, 0.1) is 0 Å². The van der Waals surface area contributed by atoms with Gasteiger partial charge in [-0.1, -0.05) is 0 Å². The number of nitrogens with zero attached hydrogens (tertiary/aromatic N) is 1. The Bertz CT molecular complexity index is 564. The van der Waals surface area contributed by atoms with E-state index in [0.29, 0.717) is 18.7 Å². The molecule has 0 atom stereocenters. The molecule has 0 bridgehead atoms. The molecule has 5 heteroatoms. The van der Waals surface area contributed by atoms with Gasteiger partial charge in [0.1, 0.15) is 5.75 Å². The molecule has 1 aliphatic heterocycles. The fourth-order valence-electron chi connectivity index (χ4n) is 1.99. The molecule has 2 N–H and O–H groups in total. The zero-order chi connectivity index (χ0) is 12.4. The molecular weight excluding hydrogens is 230 g/mol. The number of hydrogen-bond acceptors (Lipinski definition) is 3. The van der Waals surface area contributed by atoms with Crippen molar-refractivity contribution in [2.24, 2.45) is 0 Å². The average molecular weight is 243 g/mol. The second-order valence-corrected chi connectivity index (χ2v) is 4.18. The van der Waals surface area contributed by atoms with Crippen molar-refractivity contribution in [2.45, 2.75) is 13.0 Å². The first kappa shape index (κ1) is 10.8. The van der Waals surface area contributed by atoms with E-state index in [9.17, 15) is 4.79 Å². The second kappa shape index (κ2) is 4.52. The van der Waals surface area contributed by atoms with Crippen molar-refractivity contribution < 1.29 is 9.53 Å². The lowest BCUT2D eigenvalue weighted by Gasteiger charge is -2.05. The number of carbonyl (C=O) groups excluding carboxylic acids is 1. The molecule has 0 fully saturated rings. The van der Waals surface area contributed by atoms with Crippen LogP contribution in [0.15, 0.2) is 30.7 Å². The van der Waals surface area contributed by atoms with Crippen LogP contribution in [-0.4, -0.2) is 22.5 Å². The highest BCUT2D eigenvalue weighted by Crippen LogP contribution is 2.25. The van der Waals surface area contributed by atoms with Crippen LogP contribution in [0.1, 0.15) is 21.6 Å². The van der Waals surface area contributed by atoms with Gasteiger partial charge in [-0.3, -0.25) is 4.79 Å². The third kappa shape index (κ3) is 2.07. The molecule has 1 aromatic carbocycles. The predicted molar refractivity (Wildman–Crippen MR) is 65.4 cm³/mol. The van der Waals surface area contributed by atoms with Crippen LogP contribution >= 0.6 is 0 Å². The molecule has 0 radical (unpaired) electrons. The fraction of sp³-hybridized carbons (Fsp3) is 0.231. The van der Waals surface area contributed by atoms with Crippen molar-refractivity contribution in [1.29, 1.82) is 0 Å². The highest BCUT2D eigenvalue weighted by molar-refractivity contribution is 5.94. The first-order chi connectivity index (χ1) is 8.83. The number of aromatic amines is 1. The molecule has 92 valence electrons. The van der Waals surface area contributed by atoms with Gasteiger partial charge in [-0.15, -0.1) is 0 Å². The summed E-state index contributed by atoms with van der Waals surface area (Å²) in [5.41, 5.74) is 2.65. The summed E-state index contributed by atoms with van der Waals surface area (Å²) < 4.78 is 5.41. The number of benzene rings is 1. The Morgan fingerprint density at radius 3 is 3.28 bits per heavy atom. The van der Waals surface area contributed by atoms with Gasteiger partial charge in [0.05, 0.1) is 25.2 Å². The quantitative estimate of drug-likeness (QED) is 0.853. The summed E-state index contributed by atoms with van der Waals surface area (Å²) in [5, 5.41) is 2.84. The third-order valence-electron chi connectivity index (χ3n) is 2.95. The van der Waals surface area contributed by atoms with E-state index in [1.54, 1.807) is 18.6 Å². The van der Waals surface area contributed by atoms with Gasteiger partial charge in [0.2, 0.25) is 0 Å². The summed E-state index contributed by atoms with van der Waals surface area (Å²) in [5.74, 6) is 0.805. The summed E-state index contributed by atoms with van der Waals surface area (Å²) in [6.07, 6.45) is 4.15. The van der Waals surface area contributed by atoms with Crippen molar-refractivity contribution in [3.05, 3.63) is 47.5 Å². The van der Waals surface area contributed by atoms with Crippen LogP contribution in [-0.2, 0) is 13.0 Å². The first-order valence-corrected chi connectivity index (χ1v) is 5.84. The smallest absolute Gasteiger partial charge is 0.251 e. The highest BCUT2D eigenvalue weighted by Gasteiger charge is 2.14. The lowest BCUT2D eigenvalue weighted by molar-refractivity contribution is 0.0950. The van der Waals surface area contributed by atoms with Crippen molar-refractivity contribution in [2.75, 3.05) is 6.61 Å². The molecule has 0 saturated carbocycles. The standard InChI is InChI=1S/C13H13N3O2/c17-13(15-7-11-6-14-8-16-11)10-1-2-12-9(5-10)3-4-18-12/h1-2,5-6,8H,3-4,7H2,(H,14,16)(H,15,17). The number of ether oxygens (including phenoxy) is 1. The van der Waals surface area contributed by atoms with Gasteiger partial charge in [-0.2, -0.15) is 0 Å². The number of hydrogen-bond donors (Lipinski definition) is 2. The minimum atomic E-state index is -0.0840. The first-order valence-electron chi connectivity index (χ1n) is 5.84. The van der Waals surface area contributed by atoms with E-state index in [2.05, 4.69) is 15.3 Å². The molecule has 1 amide bonds. The zero-order valence-electron chi connectivity index (χ0n) is 9.77. The highest BCUT2D eigenvalue weighted by atomic mass is 16.5. The number of fused-ring (bicyclic) bond motifs is 1. The normalized spacial score (nSPS) is 12.9. The molecule has 0 saturated heterocycles. The van der Waals surface area contributed by atoms with Gasteiger partial charge in [0.15, 0.2) is 0 Å². The van der Waals surface area contributed by atoms with E-state index in [-0.39, 0.29) is 5.91 Å². The Morgan fingerprint density at radius 2 is 2.44 bits per heavy atom. The summed E-state index contributed by atoms with van der Waals surface area (Å²) in [6, 6.07) is 5.53. The number of rotatable bonds is 3. The molecule has 0 unspecified atom stereocenters. The van der Waals surface area contributed by atoms with Gasteiger partial charge >= 0.3 is 0 Å². The van der Waals surface area contributed by atoms with Crippen LogP contribution < -0.4 is 10.1 Å². The van der Waals surface area contributed by atoms with Crippen LogP contribution in [0.5, 0.6) is 5.75 Å². The number of amides is 1. The average Bonchev–Trinajstić information content (AvgIpc) is 3.05. The van der Waals surface area contributed by atoms with Gasteiger partial charge in [0, 0.05) is 18.2 Å². The lowest BCUT2D eigenvalue weighted by Crippen LogP contribution is -2.22. The molecule has 2 heterocycles.